The van der Waals surface area contributed by atoms with E-state index in [4.69, 9.17) is 0 Å². The Labute approximate surface area is 185 Å². The molecule has 164 valence electrons. The molecule has 0 N–H and O–H groups in total. The van der Waals surface area contributed by atoms with Gasteiger partial charge in [-0.15, -0.1) is 0 Å². The molecule has 31 heavy (non-hydrogen) atoms. The number of carbonyl (C=O) groups excluding carboxylic acids is 2. The molecule has 1 aliphatic carbocycles. The molecule has 2 rings (SSSR count). The minimum absolute atomic E-state index is 0.221. The average molecular weight is 421 g/mol. The summed E-state index contributed by atoms with van der Waals surface area (Å²) in [6.07, 6.45) is 14.9. The van der Waals surface area contributed by atoms with Gasteiger partial charge in [0.15, 0.2) is 0 Å². The number of allylic oxidation sites excluding steroid dienone is 9. The Hall–Kier alpha value is -3.14. The molecular formula is C27H32O4. The topological polar surface area (TPSA) is 52.6 Å². The summed E-state index contributed by atoms with van der Waals surface area (Å²) in [7, 11) is 0. The SMILES string of the molecule is CC1=C(/C=C/C(C)=C/C=C/C(C)=C/C(=O)OOC(=O)c2ccccc2)C(C)(C)CCC1. The standard InChI is InChI=1S/C27H32O4/c1-20(16-17-24-22(3)13-10-18-27(24,4)5)11-9-12-21(2)19-25(28)30-31-26(29)23-14-7-6-8-15-23/h6-9,11-12,14-17,19H,10,13,18H2,1-5H3/b12-9+,17-16+,20-11+,21-19+. The summed E-state index contributed by atoms with van der Waals surface area (Å²) in [6.45, 7) is 10.7. The first-order valence-electron chi connectivity index (χ1n) is 10.6. The predicted octanol–water partition coefficient (Wildman–Crippen LogP) is 6.83. The zero-order valence-corrected chi connectivity index (χ0v) is 19.1. The molecule has 0 saturated carbocycles. The average Bonchev–Trinajstić information content (AvgIpc) is 2.71. The lowest BCUT2D eigenvalue weighted by Gasteiger charge is -2.32. The quantitative estimate of drug-likeness (QED) is 0.219. The molecule has 0 radical (unpaired) electrons. The van der Waals surface area contributed by atoms with Crippen LogP contribution in [0.25, 0.3) is 0 Å². The zero-order valence-electron chi connectivity index (χ0n) is 19.1. The summed E-state index contributed by atoms with van der Waals surface area (Å²) in [6, 6.07) is 8.34. The van der Waals surface area contributed by atoms with Crippen molar-refractivity contribution < 1.29 is 19.4 Å². The van der Waals surface area contributed by atoms with Gasteiger partial charge >= 0.3 is 11.9 Å². The first-order valence-corrected chi connectivity index (χ1v) is 10.6. The Balaban J connectivity index is 1.89. The van der Waals surface area contributed by atoms with Crippen LogP contribution in [0.1, 0.15) is 64.2 Å². The highest BCUT2D eigenvalue weighted by Crippen LogP contribution is 2.40. The van der Waals surface area contributed by atoms with Crippen LogP contribution in [-0.2, 0) is 14.6 Å². The molecule has 0 atom stereocenters. The van der Waals surface area contributed by atoms with Crippen LogP contribution < -0.4 is 0 Å². The van der Waals surface area contributed by atoms with Crippen molar-refractivity contribution in [2.75, 3.05) is 0 Å². The van der Waals surface area contributed by atoms with Crippen LogP contribution in [0.15, 0.2) is 89.1 Å². The summed E-state index contributed by atoms with van der Waals surface area (Å²) in [5, 5.41) is 0. The van der Waals surface area contributed by atoms with Gasteiger partial charge in [0, 0.05) is 6.08 Å². The highest BCUT2D eigenvalue weighted by Gasteiger charge is 2.26. The minimum Gasteiger partial charge on any atom is -0.242 e. The van der Waals surface area contributed by atoms with E-state index in [9.17, 15) is 9.59 Å². The van der Waals surface area contributed by atoms with Crippen molar-refractivity contribution in [3.8, 4) is 0 Å². The summed E-state index contributed by atoms with van der Waals surface area (Å²) in [4.78, 5) is 32.7. The number of benzene rings is 1. The number of rotatable bonds is 6. The van der Waals surface area contributed by atoms with Gasteiger partial charge in [-0.25, -0.2) is 19.4 Å². The lowest BCUT2D eigenvalue weighted by atomic mass is 9.72. The Morgan fingerprint density at radius 3 is 2.39 bits per heavy atom. The van der Waals surface area contributed by atoms with Crippen LogP contribution in [0.5, 0.6) is 0 Å². The van der Waals surface area contributed by atoms with Crippen LogP contribution in [0.2, 0.25) is 0 Å². The maximum atomic E-state index is 11.8. The molecule has 1 aromatic carbocycles. The highest BCUT2D eigenvalue weighted by molar-refractivity contribution is 5.90. The molecule has 1 aliphatic rings. The first kappa shape index (κ1) is 24.1. The van der Waals surface area contributed by atoms with Gasteiger partial charge in [0.1, 0.15) is 0 Å². The second-order valence-electron chi connectivity index (χ2n) is 8.56. The lowest BCUT2D eigenvalue weighted by Crippen LogP contribution is -2.19. The number of carbonyl (C=O) groups is 2. The van der Waals surface area contributed by atoms with Crippen molar-refractivity contribution in [2.45, 2.75) is 53.9 Å². The number of hydrogen-bond acceptors (Lipinski definition) is 4. The maximum Gasteiger partial charge on any atom is 0.386 e. The van der Waals surface area contributed by atoms with Crippen molar-refractivity contribution in [2.24, 2.45) is 5.41 Å². The molecule has 1 aromatic rings. The largest absolute Gasteiger partial charge is 0.386 e. The third-order valence-corrected chi connectivity index (χ3v) is 5.33. The Kier molecular flexibility index (Phi) is 8.80. The van der Waals surface area contributed by atoms with Gasteiger partial charge in [-0.2, -0.15) is 0 Å². The van der Waals surface area contributed by atoms with E-state index < -0.39 is 11.9 Å². The fourth-order valence-corrected chi connectivity index (χ4v) is 3.59. The van der Waals surface area contributed by atoms with Crippen LogP contribution in [0, 0.1) is 5.41 Å². The van der Waals surface area contributed by atoms with E-state index in [-0.39, 0.29) is 5.41 Å². The second kappa shape index (κ2) is 11.3. The van der Waals surface area contributed by atoms with Gasteiger partial charge in [0.05, 0.1) is 5.56 Å². The normalized spacial score (nSPS) is 17.3. The van der Waals surface area contributed by atoms with Crippen molar-refractivity contribution >= 4 is 11.9 Å². The van der Waals surface area contributed by atoms with Gasteiger partial charge in [-0.1, -0.05) is 73.6 Å². The van der Waals surface area contributed by atoms with Gasteiger partial charge in [0.25, 0.3) is 0 Å². The summed E-state index contributed by atoms with van der Waals surface area (Å²) >= 11 is 0. The van der Waals surface area contributed by atoms with Crippen LogP contribution in [0.3, 0.4) is 0 Å². The molecule has 4 heteroatoms. The van der Waals surface area contributed by atoms with Crippen LogP contribution in [0.4, 0.5) is 0 Å². The van der Waals surface area contributed by atoms with Gasteiger partial charge in [-0.3, -0.25) is 0 Å². The zero-order chi connectivity index (χ0) is 22.9. The molecule has 0 unspecified atom stereocenters. The van der Waals surface area contributed by atoms with Crippen LogP contribution in [-0.4, -0.2) is 11.9 Å². The van der Waals surface area contributed by atoms with E-state index in [1.165, 1.54) is 36.5 Å². The predicted molar refractivity (Wildman–Crippen MR) is 124 cm³/mol. The van der Waals surface area contributed by atoms with E-state index in [1.807, 2.05) is 19.1 Å². The van der Waals surface area contributed by atoms with E-state index in [2.05, 4.69) is 42.7 Å². The Morgan fingerprint density at radius 2 is 1.71 bits per heavy atom. The molecule has 0 spiro atoms. The molecule has 0 aromatic heterocycles. The third kappa shape index (κ3) is 7.89. The Morgan fingerprint density at radius 1 is 1.00 bits per heavy atom. The monoisotopic (exact) mass is 420 g/mol. The smallest absolute Gasteiger partial charge is 0.242 e. The molecule has 0 amide bonds. The first-order chi connectivity index (χ1) is 14.7. The summed E-state index contributed by atoms with van der Waals surface area (Å²) in [5.74, 6) is -1.46. The van der Waals surface area contributed by atoms with E-state index in [0.29, 0.717) is 11.1 Å². The Bertz CT molecular complexity index is 941. The highest BCUT2D eigenvalue weighted by atomic mass is 17.2. The molecule has 0 saturated heterocycles. The second-order valence-corrected chi connectivity index (χ2v) is 8.56. The fraction of sp³-hybridized carbons (Fsp3) is 0.333. The summed E-state index contributed by atoms with van der Waals surface area (Å²) < 4.78 is 0. The van der Waals surface area contributed by atoms with Crippen molar-refractivity contribution in [1.82, 2.24) is 0 Å². The fourth-order valence-electron chi connectivity index (χ4n) is 3.59. The molecule has 0 bridgehead atoms. The molecule has 4 nitrogen and oxygen atoms in total. The van der Waals surface area contributed by atoms with Gasteiger partial charge in [-0.05, 0) is 68.7 Å². The number of hydrogen-bond donors (Lipinski definition) is 0. The third-order valence-electron chi connectivity index (χ3n) is 5.33. The van der Waals surface area contributed by atoms with Crippen molar-refractivity contribution in [1.29, 1.82) is 0 Å². The van der Waals surface area contributed by atoms with E-state index in [1.54, 1.807) is 43.3 Å². The van der Waals surface area contributed by atoms with Crippen molar-refractivity contribution in [3.63, 3.8) is 0 Å². The van der Waals surface area contributed by atoms with Crippen LogP contribution >= 0.6 is 0 Å². The maximum absolute atomic E-state index is 11.8. The van der Waals surface area contributed by atoms with E-state index in [0.717, 1.165) is 5.57 Å². The van der Waals surface area contributed by atoms with Gasteiger partial charge in [0.2, 0.25) is 0 Å². The molecule has 0 fully saturated rings. The summed E-state index contributed by atoms with van der Waals surface area (Å²) in [5.41, 5.74) is 5.23. The molecular weight excluding hydrogens is 388 g/mol. The van der Waals surface area contributed by atoms with Gasteiger partial charge < -0.3 is 0 Å². The molecule has 0 heterocycles. The molecule has 0 aliphatic heterocycles. The minimum atomic E-state index is -0.742. The lowest BCUT2D eigenvalue weighted by molar-refractivity contribution is -0.228. The van der Waals surface area contributed by atoms with E-state index >= 15 is 0 Å². The van der Waals surface area contributed by atoms with Crippen molar-refractivity contribution in [3.05, 3.63) is 94.6 Å².